The number of ether oxygens (including phenoxy) is 1. The number of likely N-dealkylation sites (N-methyl/N-ethyl adjacent to an activating group) is 1. The summed E-state index contributed by atoms with van der Waals surface area (Å²) in [5.74, 6) is 0.0659. The number of hydrazine groups is 1. The number of benzene rings is 2. The molecule has 3 rings (SSSR count). The first-order valence-electron chi connectivity index (χ1n) is 7.88. The zero-order valence-electron chi connectivity index (χ0n) is 14.8. The summed E-state index contributed by atoms with van der Waals surface area (Å²) in [4.78, 5) is 23.7. The quantitative estimate of drug-likeness (QED) is 0.779. The fraction of sp³-hybridized carbons (Fsp3) is 0.176. The molecule has 1 N–H and O–H groups in total. The number of hydrogen-bond donors (Lipinski definition) is 1. The number of imide groups is 1. The summed E-state index contributed by atoms with van der Waals surface area (Å²) in [6.07, 6.45) is 1.11. The Bertz CT molecular complexity index is 1030. The molecule has 1 aliphatic rings. The largest absolute Gasteiger partial charge is 0.454 e. The lowest BCUT2D eigenvalue weighted by molar-refractivity contribution is -0.121. The average Bonchev–Trinajstić information content (AvgIpc) is 2.57. The molecule has 28 heavy (non-hydrogen) atoms. The van der Waals surface area contributed by atoms with E-state index in [0.717, 1.165) is 6.26 Å². The summed E-state index contributed by atoms with van der Waals surface area (Å²) in [5.41, 5.74) is 0.349. The third-order valence-electron chi connectivity index (χ3n) is 3.85. The SMILES string of the molecule is CN1CC(=O)NC(=O)N1c1cc(Cl)c(Oc2ccc(S(C)(=O)=O)cc2)c(Cl)c1. The van der Waals surface area contributed by atoms with Crippen molar-refractivity contribution in [2.45, 2.75) is 4.90 Å². The van der Waals surface area contributed by atoms with E-state index >= 15 is 0 Å². The van der Waals surface area contributed by atoms with Crippen molar-refractivity contribution < 1.29 is 22.7 Å². The van der Waals surface area contributed by atoms with Crippen molar-refractivity contribution in [1.29, 1.82) is 0 Å². The summed E-state index contributed by atoms with van der Waals surface area (Å²) in [6, 6.07) is 8.09. The van der Waals surface area contributed by atoms with Gasteiger partial charge in [-0.05, 0) is 36.4 Å². The molecule has 1 aliphatic heterocycles. The normalized spacial score (nSPS) is 15.5. The van der Waals surface area contributed by atoms with Gasteiger partial charge in [-0.2, -0.15) is 0 Å². The first kappa shape index (κ1) is 20.4. The molecule has 1 fully saturated rings. The Morgan fingerprint density at radius 1 is 1.07 bits per heavy atom. The van der Waals surface area contributed by atoms with Crippen molar-refractivity contribution in [1.82, 2.24) is 10.3 Å². The lowest BCUT2D eigenvalue weighted by atomic mass is 10.2. The molecule has 0 atom stereocenters. The van der Waals surface area contributed by atoms with Crippen LogP contribution in [0.15, 0.2) is 41.3 Å². The number of urea groups is 1. The minimum absolute atomic E-state index is 0.00802. The fourth-order valence-electron chi connectivity index (χ4n) is 2.60. The average molecular weight is 444 g/mol. The summed E-state index contributed by atoms with van der Waals surface area (Å²) in [7, 11) is -1.75. The molecule has 8 nitrogen and oxygen atoms in total. The number of nitrogens with zero attached hydrogens (tertiary/aromatic N) is 2. The molecule has 2 aromatic carbocycles. The number of amides is 3. The lowest BCUT2D eigenvalue weighted by Crippen LogP contribution is -2.59. The number of hydrogen-bond acceptors (Lipinski definition) is 6. The third-order valence-corrected chi connectivity index (χ3v) is 5.54. The van der Waals surface area contributed by atoms with Crippen molar-refractivity contribution in [2.75, 3.05) is 24.9 Å². The highest BCUT2D eigenvalue weighted by Gasteiger charge is 2.30. The number of rotatable bonds is 4. The van der Waals surface area contributed by atoms with Gasteiger partial charge in [0.2, 0.25) is 5.91 Å². The summed E-state index contributed by atoms with van der Waals surface area (Å²) in [6.45, 7) is -0.00802. The van der Waals surface area contributed by atoms with Gasteiger partial charge in [0.1, 0.15) is 5.75 Å². The first-order chi connectivity index (χ1) is 13.1. The molecule has 0 unspecified atom stereocenters. The molecule has 1 saturated heterocycles. The van der Waals surface area contributed by atoms with Crippen LogP contribution in [0.25, 0.3) is 0 Å². The number of halogens is 2. The van der Waals surface area contributed by atoms with Crippen LogP contribution in [-0.2, 0) is 14.6 Å². The summed E-state index contributed by atoms with van der Waals surface area (Å²) >= 11 is 12.6. The van der Waals surface area contributed by atoms with E-state index in [-0.39, 0.29) is 27.2 Å². The van der Waals surface area contributed by atoms with Crippen LogP contribution in [0.3, 0.4) is 0 Å². The van der Waals surface area contributed by atoms with Gasteiger partial charge in [0.05, 0.1) is 27.2 Å². The molecule has 0 radical (unpaired) electrons. The van der Waals surface area contributed by atoms with Crippen LogP contribution in [0.2, 0.25) is 10.0 Å². The highest BCUT2D eigenvalue weighted by molar-refractivity contribution is 7.90. The van der Waals surface area contributed by atoms with E-state index < -0.39 is 21.8 Å². The second-order valence-electron chi connectivity index (χ2n) is 6.07. The Kier molecular flexibility index (Phi) is 5.53. The van der Waals surface area contributed by atoms with Crippen molar-refractivity contribution in [2.24, 2.45) is 0 Å². The Balaban J connectivity index is 1.88. The predicted octanol–water partition coefficient (Wildman–Crippen LogP) is 3.09. The topological polar surface area (TPSA) is 96.0 Å². The van der Waals surface area contributed by atoms with E-state index in [2.05, 4.69) is 5.32 Å². The van der Waals surface area contributed by atoms with E-state index in [1.165, 1.54) is 46.4 Å². The Morgan fingerprint density at radius 2 is 1.64 bits per heavy atom. The van der Waals surface area contributed by atoms with E-state index in [9.17, 15) is 18.0 Å². The van der Waals surface area contributed by atoms with Crippen LogP contribution in [-0.4, -0.2) is 45.2 Å². The van der Waals surface area contributed by atoms with Crippen molar-refractivity contribution in [3.05, 3.63) is 46.4 Å². The summed E-state index contributed by atoms with van der Waals surface area (Å²) in [5, 5.41) is 5.12. The second-order valence-corrected chi connectivity index (χ2v) is 8.90. The highest BCUT2D eigenvalue weighted by atomic mass is 35.5. The van der Waals surface area contributed by atoms with Crippen LogP contribution in [0, 0.1) is 0 Å². The van der Waals surface area contributed by atoms with Gasteiger partial charge < -0.3 is 4.74 Å². The van der Waals surface area contributed by atoms with Crippen LogP contribution in [0.5, 0.6) is 11.5 Å². The van der Waals surface area contributed by atoms with E-state index in [1.54, 1.807) is 7.05 Å². The molecule has 0 spiro atoms. The fourth-order valence-corrected chi connectivity index (χ4v) is 3.78. The van der Waals surface area contributed by atoms with Crippen molar-refractivity contribution >= 4 is 50.7 Å². The van der Waals surface area contributed by atoms with Gasteiger partial charge in [-0.1, -0.05) is 23.2 Å². The molecule has 11 heteroatoms. The van der Waals surface area contributed by atoms with Crippen molar-refractivity contribution in [3.8, 4) is 11.5 Å². The maximum Gasteiger partial charge on any atom is 0.343 e. The molecule has 148 valence electrons. The molecule has 3 amide bonds. The Morgan fingerprint density at radius 3 is 2.14 bits per heavy atom. The number of anilines is 1. The van der Waals surface area contributed by atoms with Gasteiger partial charge in [0.15, 0.2) is 15.6 Å². The van der Waals surface area contributed by atoms with Gasteiger partial charge in [0.25, 0.3) is 0 Å². The zero-order chi connectivity index (χ0) is 20.6. The van der Waals surface area contributed by atoms with Crippen LogP contribution in [0.4, 0.5) is 10.5 Å². The maximum absolute atomic E-state index is 12.1. The monoisotopic (exact) mass is 443 g/mol. The Labute approximate surface area is 171 Å². The van der Waals surface area contributed by atoms with E-state index in [0.29, 0.717) is 11.4 Å². The minimum atomic E-state index is -3.32. The number of nitrogens with one attached hydrogen (secondary N) is 1. The minimum Gasteiger partial charge on any atom is -0.454 e. The standard InChI is InChI=1S/C17H15Cl2N3O5S/c1-21-9-15(23)20-17(24)22(21)10-7-13(18)16(14(19)8-10)27-11-3-5-12(6-4-11)28(2,25)26/h3-8H,9H2,1-2H3,(H,20,23,24). The molecule has 1 heterocycles. The molecule has 0 saturated carbocycles. The van der Waals surface area contributed by atoms with Crippen LogP contribution < -0.4 is 15.1 Å². The van der Waals surface area contributed by atoms with Crippen molar-refractivity contribution in [3.63, 3.8) is 0 Å². The number of carbonyl (C=O) groups excluding carboxylic acids is 2. The van der Waals surface area contributed by atoms with Gasteiger partial charge in [-0.3, -0.25) is 10.1 Å². The van der Waals surface area contributed by atoms with Crippen LogP contribution >= 0.6 is 23.2 Å². The highest BCUT2D eigenvalue weighted by Crippen LogP contribution is 2.40. The molecule has 0 bridgehead atoms. The first-order valence-corrected chi connectivity index (χ1v) is 10.5. The van der Waals surface area contributed by atoms with Gasteiger partial charge in [-0.25, -0.2) is 23.2 Å². The molecular weight excluding hydrogens is 429 g/mol. The molecular formula is C17H15Cl2N3O5S. The number of sulfone groups is 1. The molecule has 0 aromatic heterocycles. The Hall–Kier alpha value is -2.33. The maximum atomic E-state index is 12.1. The van der Waals surface area contributed by atoms with E-state index in [1.807, 2.05) is 0 Å². The lowest BCUT2D eigenvalue weighted by Gasteiger charge is -2.35. The van der Waals surface area contributed by atoms with Crippen LogP contribution in [0.1, 0.15) is 0 Å². The van der Waals surface area contributed by atoms with Gasteiger partial charge in [0, 0.05) is 13.3 Å². The molecule has 2 aromatic rings. The van der Waals surface area contributed by atoms with Gasteiger partial charge >= 0.3 is 6.03 Å². The second kappa shape index (κ2) is 7.59. The van der Waals surface area contributed by atoms with E-state index in [4.69, 9.17) is 27.9 Å². The molecule has 0 aliphatic carbocycles. The smallest absolute Gasteiger partial charge is 0.343 e. The summed E-state index contributed by atoms with van der Waals surface area (Å²) < 4.78 is 28.7. The van der Waals surface area contributed by atoms with Gasteiger partial charge in [-0.15, -0.1) is 0 Å². The predicted molar refractivity (Wildman–Crippen MR) is 105 cm³/mol. The third kappa shape index (κ3) is 4.22. The zero-order valence-corrected chi connectivity index (χ0v) is 17.1. The number of carbonyl (C=O) groups is 2.